The average Bonchev–Trinajstić information content (AvgIpc) is 2.01. The van der Waals surface area contributed by atoms with Crippen LogP contribution >= 0.6 is 0 Å². The second kappa shape index (κ2) is 6.18. The molecule has 0 atom stereocenters. The van der Waals surface area contributed by atoms with Gasteiger partial charge in [0, 0.05) is 5.57 Å². The van der Waals surface area contributed by atoms with E-state index in [1.54, 1.807) is 19.9 Å². The molecule has 1 N–H and O–H groups in total. The molecule has 0 saturated carbocycles. The number of hydrogen-bond donors (Lipinski definition) is 1. The SMILES string of the molecule is CCC=C(CC(=O)O)C(=O)OC(C)C. The van der Waals surface area contributed by atoms with Crippen LogP contribution in [0.1, 0.15) is 33.6 Å². The van der Waals surface area contributed by atoms with Gasteiger partial charge in [-0.3, -0.25) is 4.79 Å². The Hall–Kier alpha value is -1.32. The van der Waals surface area contributed by atoms with Crippen LogP contribution in [0.4, 0.5) is 0 Å². The molecule has 0 unspecified atom stereocenters. The highest BCUT2D eigenvalue weighted by Crippen LogP contribution is 2.07. The van der Waals surface area contributed by atoms with E-state index in [2.05, 4.69) is 0 Å². The summed E-state index contributed by atoms with van der Waals surface area (Å²) >= 11 is 0. The van der Waals surface area contributed by atoms with Gasteiger partial charge in [-0.1, -0.05) is 13.0 Å². The number of esters is 1. The van der Waals surface area contributed by atoms with Gasteiger partial charge in [-0.05, 0) is 20.3 Å². The van der Waals surface area contributed by atoms with Crippen LogP contribution in [0, 0.1) is 0 Å². The summed E-state index contributed by atoms with van der Waals surface area (Å²) in [7, 11) is 0. The first-order chi connectivity index (χ1) is 6.47. The number of carboxylic acids is 1. The third kappa shape index (κ3) is 5.35. The van der Waals surface area contributed by atoms with E-state index in [-0.39, 0.29) is 18.1 Å². The maximum atomic E-state index is 11.3. The summed E-state index contributed by atoms with van der Waals surface area (Å²) in [4.78, 5) is 21.8. The van der Waals surface area contributed by atoms with E-state index >= 15 is 0 Å². The fourth-order valence-corrected chi connectivity index (χ4v) is 0.927. The third-order valence-electron chi connectivity index (χ3n) is 1.40. The van der Waals surface area contributed by atoms with Gasteiger partial charge in [0.25, 0.3) is 0 Å². The molecule has 0 aliphatic rings. The predicted molar refractivity (Wildman–Crippen MR) is 51.9 cm³/mol. The first-order valence-electron chi connectivity index (χ1n) is 4.59. The van der Waals surface area contributed by atoms with Gasteiger partial charge < -0.3 is 9.84 Å². The Labute approximate surface area is 83.6 Å². The van der Waals surface area contributed by atoms with Gasteiger partial charge in [-0.25, -0.2) is 4.79 Å². The van der Waals surface area contributed by atoms with Gasteiger partial charge in [0.05, 0.1) is 12.5 Å². The number of rotatable bonds is 5. The van der Waals surface area contributed by atoms with E-state index in [0.29, 0.717) is 6.42 Å². The molecular formula is C10H16O4. The Kier molecular flexibility index (Phi) is 5.60. The van der Waals surface area contributed by atoms with Gasteiger partial charge in [0.2, 0.25) is 0 Å². The largest absolute Gasteiger partial charge is 0.481 e. The lowest BCUT2D eigenvalue weighted by atomic mass is 10.1. The number of carbonyl (C=O) groups excluding carboxylic acids is 1. The second-order valence-electron chi connectivity index (χ2n) is 3.16. The predicted octanol–water partition coefficient (Wildman–Crippen LogP) is 1.75. The smallest absolute Gasteiger partial charge is 0.334 e. The molecule has 0 aliphatic carbocycles. The van der Waals surface area contributed by atoms with Crippen molar-refractivity contribution in [2.24, 2.45) is 0 Å². The summed E-state index contributed by atoms with van der Waals surface area (Å²) in [5.41, 5.74) is 0.216. The maximum Gasteiger partial charge on any atom is 0.334 e. The summed E-state index contributed by atoms with van der Waals surface area (Å²) in [6.45, 7) is 5.29. The second-order valence-corrected chi connectivity index (χ2v) is 3.16. The molecule has 80 valence electrons. The molecule has 0 amide bonds. The zero-order valence-corrected chi connectivity index (χ0v) is 8.74. The minimum atomic E-state index is -1.02. The van der Waals surface area contributed by atoms with Crippen molar-refractivity contribution >= 4 is 11.9 Å². The fourth-order valence-electron chi connectivity index (χ4n) is 0.927. The normalized spacial score (nSPS) is 11.6. The summed E-state index contributed by atoms with van der Waals surface area (Å²) in [5, 5.41) is 8.54. The van der Waals surface area contributed by atoms with Crippen LogP contribution in [0.15, 0.2) is 11.6 Å². The zero-order valence-electron chi connectivity index (χ0n) is 8.74. The van der Waals surface area contributed by atoms with Crippen molar-refractivity contribution < 1.29 is 19.4 Å². The molecule has 0 aromatic carbocycles. The summed E-state index contributed by atoms with van der Waals surface area (Å²) < 4.78 is 4.90. The number of ether oxygens (including phenoxy) is 1. The van der Waals surface area contributed by atoms with Crippen LogP contribution in [0.25, 0.3) is 0 Å². The number of hydrogen-bond acceptors (Lipinski definition) is 3. The first kappa shape index (κ1) is 12.7. The Morgan fingerprint density at radius 3 is 2.36 bits per heavy atom. The lowest BCUT2D eigenvalue weighted by Gasteiger charge is -2.09. The topological polar surface area (TPSA) is 63.6 Å². The van der Waals surface area contributed by atoms with E-state index in [0.717, 1.165) is 0 Å². The molecule has 4 nitrogen and oxygen atoms in total. The highest BCUT2D eigenvalue weighted by atomic mass is 16.5. The Morgan fingerprint density at radius 2 is 2.00 bits per heavy atom. The van der Waals surface area contributed by atoms with Crippen molar-refractivity contribution in [3.63, 3.8) is 0 Å². The fraction of sp³-hybridized carbons (Fsp3) is 0.600. The van der Waals surface area contributed by atoms with Crippen LogP contribution in [0.3, 0.4) is 0 Å². The van der Waals surface area contributed by atoms with E-state index in [9.17, 15) is 9.59 Å². The van der Waals surface area contributed by atoms with Crippen LogP contribution in [-0.2, 0) is 14.3 Å². The lowest BCUT2D eigenvalue weighted by Crippen LogP contribution is -2.15. The Morgan fingerprint density at radius 1 is 1.43 bits per heavy atom. The van der Waals surface area contributed by atoms with Gasteiger partial charge in [0.1, 0.15) is 0 Å². The van der Waals surface area contributed by atoms with Crippen molar-refractivity contribution in [1.29, 1.82) is 0 Å². The standard InChI is InChI=1S/C10H16O4/c1-4-5-8(6-9(11)12)10(13)14-7(2)3/h5,7H,4,6H2,1-3H3,(H,11,12). The first-order valence-corrected chi connectivity index (χ1v) is 4.59. The molecule has 0 bridgehead atoms. The van der Waals surface area contributed by atoms with Crippen molar-refractivity contribution in [2.45, 2.75) is 39.7 Å². The Balaban J connectivity index is 4.42. The number of aliphatic carboxylic acids is 1. The number of carbonyl (C=O) groups is 2. The number of carboxylic acid groups (broad SMARTS) is 1. The average molecular weight is 200 g/mol. The molecule has 4 heteroatoms. The van der Waals surface area contributed by atoms with Gasteiger partial charge in [-0.15, -0.1) is 0 Å². The minimum Gasteiger partial charge on any atom is -0.481 e. The van der Waals surface area contributed by atoms with Gasteiger partial charge in [-0.2, -0.15) is 0 Å². The van der Waals surface area contributed by atoms with E-state index < -0.39 is 11.9 Å². The molecule has 0 spiro atoms. The van der Waals surface area contributed by atoms with Crippen molar-refractivity contribution in [3.8, 4) is 0 Å². The maximum absolute atomic E-state index is 11.3. The summed E-state index contributed by atoms with van der Waals surface area (Å²) in [6.07, 6.45) is 1.70. The van der Waals surface area contributed by atoms with Crippen LogP contribution < -0.4 is 0 Å². The number of allylic oxidation sites excluding steroid dienone is 1. The van der Waals surface area contributed by atoms with Crippen LogP contribution in [0.2, 0.25) is 0 Å². The molecule has 0 aromatic heterocycles. The van der Waals surface area contributed by atoms with Gasteiger partial charge in [0.15, 0.2) is 0 Å². The molecule has 0 aliphatic heterocycles. The molecule has 0 aromatic rings. The summed E-state index contributed by atoms with van der Waals surface area (Å²) in [5.74, 6) is -1.56. The quantitative estimate of drug-likeness (QED) is 0.542. The van der Waals surface area contributed by atoms with Crippen LogP contribution in [0.5, 0.6) is 0 Å². The van der Waals surface area contributed by atoms with E-state index in [4.69, 9.17) is 9.84 Å². The lowest BCUT2D eigenvalue weighted by molar-refractivity contribution is -0.145. The molecule has 0 radical (unpaired) electrons. The van der Waals surface area contributed by atoms with Crippen molar-refractivity contribution in [1.82, 2.24) is 0 Å². The molecule has 0 heterocycles. The van der Waals surface area contributed by atoms with Crippen LogP contribution in [-0.4, -0.2) is 23.1 Å². The molecule has 14 heavy (non-hydrogen) atoms. The zero-order chi connectivity index (χ0) is 11.1. The van der Waals surface area contributed by atoms with E-state index in [1.165, 1.54) is 0 Å². The minimum absolute atomic E-state index is 0.216. The molecule has 0 fully saturated rings. The highest BCUT2D eigenvalue weighted by molar-refractivity contribution is 5.93. The summed E-state index contributed by atoms with van der Waals surface area (Å²) in [6, 6.07) is 0. The molecule has 0 rings (SSSR count). The Bertz CT molecular complexity index is 241. The highest BCUT2D eigenvalue weighted by Gasteiger charge is 2.15. The van der Waals surface area contributed by atoms with Gasteiger partial charge >= 0.3 is 11.9 Å². The van der Waals surface area contributed by atoms with E-state index in [1.807, 2.05) is 6.92 Å². The molecule has 0 saturated heterocycles. The van der Waals surface area contributed by atoms with Crippen molar-refractivity contribution in [3.05, 3.63) is 11.6 Å². The monoisotopic (exact) mass is 200 g/mol. The molecular weight excluding hydrogens is 184 g/mol. The third-order valence-corrected chi connectivity index (χ3v) is 1.40. The van der Waals surface area contributed by atoms with Crippen molar-refractivity contribution in [2.75, 3.05) is 0 Å².